The highest BCUT2D eigenvalue weighted by Crippen LogP contribution is 2.44. The van der Waals surface area contributed by atoms with Gasteiger partial charge in [-0.2, -0.15) is 0 Å². The first-order valence-corrected chi connectivity index (χ1v) is 10.9. The second-order valence-corrected chi connectivity index (χ2v) is 8.60. The van der Waals surface area contributed by atoms with E-state index in [2.05, 4.69) is 68.2 Å². The molecule has 2 N–H and O–H groups in total. The van der Waals surface area contributed by atoms with Crippen LogP contribution in [0.25, 0.3) is 10.8 Å². The summed E-state index contributed by atoms with van der Waals surface area (Å²) >= 11 is 0. The summed E-state index contributed by atoms with van der Waals surface area (Å²) in [6.07, 6.45) is 9.25. The Kier molecular flexibility index (Phi) is 5.60. The topological polar surface area (TPSA) is 48.1 Å². The van der Waals surface area contributed by atoms with Gasteiger partial charge in [0.1, 0.15) is 5.75 Å². The number of nitrogens with zero attached hydrogens (tertiary/aromatic N) is 1. The minimum Gasteiger partial charge on any atom is -0.490 e. The molecule has 1 atom stereocenters. The molecule has 1 aliphatic rings. The Morgan fingerprint density at radius 2 is 1.86 bits per heavy atom. The summed E-state index contributed by atoms with van der Waals surface area (Å²) in [6, 6.07) is 15.3. The molecule has 1 unspecified atom stereocenters. The lowest BCUT2D eigenvalue weighted by Gasteiger charge is -2.44. The van der Waals surface area contributed by atoms with Crippen molar-refractivity contribution >= 4 is 10.8 Å². The van der Waals surface area contributed by atoms with Crippen molar-refractivity contribution in [1.82, 2.24) is 4.98 Å². The molecule has 3 heteroatoms. The average Bonchev–Trinajstić information content (AvgIpc) is 2.77. The van der Waals surface area contributed by atoms with Gasteiger partial charge in [0.2, 0.25) is 0 Å². The minimum atomic E-state index is 0.0645. The van der Waals surface area contributed by atoms with E-state index in [9.17, 15) is 0 Å². The fourth-order valence-electron chi connectivity index (χ4n) is 5.19. The van der Waals surface area contributed by atoms with E-state index in [1.54, 1.807) is 0 Å². The maximum absolute atomic E-state index is 6.68. The van der Waals surface area contributed by atoms with Gasteiger partial charge in [-0.3, -0.25) is 4.98 Å². The molecular formula is C26H32N2O. The number of pyridine rings is 1. The Balaban J connectivity index is 1.56. The number of aryl methyl sites for hydroxylation is 2. The lowest BCUT2D eigenvalue weighted by atomic mass is 9.64. The Hall–Kier alpha value is -2.39. The van der Waals surface area contributed by atoms with Gasteiger partial charge in [0.05, 0.1) is 6.10 Å². The molecule has 4 rings (SSSR count). The normalized spacial score (nSPS) is 23.1. The molecule has 1 aromatic heterocycles. The van der Waals surface area contributed by atoms with Crippen LogP contribution in [-0.2, 0) is 5.41 Å². The van der Waals surface area contributed by atoms with Crippen LogP contribution in [-0.4, -0.2) is 17.1 Å². The van der Waals surface area contributed by atoms with Crippen LogP contribution in [0.4, 0.5) is 0 Å². The van der Waals surface area contributed by atoms with Crippen LogP contribution in [0.5, 0.6) is 5.75 Å². The highest BCUT2D eigenvalue weighted by molar-refractivity contribution is 5.87. The van der Waals surface area contributed by atoms with E-state index in [-0.39, 0.29) is 17.6 Å². The second kappa shape index (κ2) is 8.16. The molecule has 0 amide bonds. The smallest absolute Gasteiger partial charge is 0.126 e. The Labute approximate surface area is 174 Å². The van der Waals surface area contributed by atoms with Crippen molar-refractivity contribution in [3.63, 3.8) is 0 Å². The van der Waals surface area contributed by atoms with Gasteiger partial charge in [-0.05, 0) is 80.2 Å². The van der Waals surface area contributed by atoms with Crippen molar-refractivity contribution in [1.29, 1.82) is 0 Å². The minimum absolute atomic E-state index is 0.0645. The maximum Gasteiger partial charge on any atom is 0.126 e. The molecule has 1 aliphatic carbocycles. The van der Waals surface area contributed by atoms with E-state index in [4.69, 9.17) is 10.5 Å². The van der Waals surface area contributed by atoms with Gasteiger partial charge < -0.3 is 10.5 Å². The number of aromatic nitrogens is 1. The average molecular weight is 389 g/mol. The van der Waals surface area contributed by atoms with Crippen molar-refractivity contribution in [3.05, 3.63) is 71.5 Å². The van der Waals surface area contributed by atoms with Gasteiger partial charge in [-0.25, -0.2) is 0 Å². The number of hydrogen-bond donors (Lipinski definition) is 1. The molecule has 1 fully saturated rings. The Morgan fingerprint density at radius 3 is 2.55 bits per heavy atom. The molecule has 3 aromatic rings. The van der Waals surface area contributed by atoms with Crippen molar-refractivity contribution in [2.45, 2.75) is 70.4 Å². The van der Waals surface area contributed by atoms with Crippen molar-refractivity contribution in [2.24, 2.45) is 5.73 Å². The number of fused-ring (bicyclic) bond motifs is 1. The molecule has 0 spiro atoms. The highest BCUT2D eigenvalue weighted by Gasteiger charge is 2.41. The predicted octanol–water partition coefficient (Wildman–Crippen LogP) is 5.85. The Bertz CT molecular complexity index is 975. The molecule has 0 bridgehead atoms. The molecule has 1 saturated carbocycles. The summed E-state index contributed by atoms with van der Waals surface area (Å²) in [5, 5.41) is 2.40. The summed E-state index contributed by atoms with van der Waals surface area (Å²) in [5.74, 6) is 1.04. The van der Waals surface area contributed by atoms with E-state index in [1.807, 2.05) is 12.4 Å². The quantitative estimate of drug-likeness (QED) is 0.596. The SMILES string of the molecule is CCC(N)C1(c2ccccc2)CCC(Oc2c(C)cc3cnccc3c2C)CC1. The third-order valence-corrected chi connectivity index (χ3v) is 6.93. The summed E-state index contributed by atoms with van der Waals surface area (Å²) < 4.78 is 6.61. The summed E-state index contributed by atoms with van der Waals surface area (Å²) in [7, 11) is 0. The van der Waals surface area contributed by atoms with Gasteiger partial charge in [0.25, 0.3) is 0 Å². The Morgan fingerprint density at radius 1 is 1.14 bits per heavy atom. The van der Waals surface area contributed by atoms with Crippen LogP contribution in [0.1, 0.15) is 55.7 Å². The van der Waals surface area contributed by atoms with Crippen molar-refractivity contribution in [2.75, 3.05) is 0 Å². The molecule has 152 valence electrons. The molecule has 3 nitrogen and oxygen atoms in total. The van der Waals surface area contributed by atoms with E-state index in [1.165, 1.54) is 27.5 Å². The molecule has 29 heavy (non-hydrogen) atoms. The zero-order chi connectivity index (χ0) is 20.4. The van der Waals surface area contributed by atoms with Gasteiger partial charge in [-0.1, -0.05) is 37.3 Å². The van der Waals surface area contributed by atoms with E-state index in [0.717, 1.165) is 37.9 Å². The van der Waals surface area contributed by atoms with Crippen LogP contribution in [0.2, 0.25) is 0 Å². The van der Waals surface area contributed by atoms with Crippen LogP contribution in [0.15, 0.2) is 54.9 Å². The largest absolute Gasteiger partial charge is 0.490 e. The molecule has 2 aromatic carbocycles. The van der Waals surface area contributed by atoms with E-state index >= 15 is 0 Å². The number of hydrogen-bond acceptors (Lipinski definition) is 3. The zero-order valence-corrected chi connectivity index (χ0v) is 17.8. The van der Waals surface area contributed by atoms with Crippen LogP contribution < -0.4 is 10.5 Å². The van der Waals surface area contributed by atoms with Gasteiger partial charge >= 0.3 is 0 Å². The second-order valence-electron chi connectivity index (χ2n) is 8.60. The van der Waals surface area contributed by atoms with Gasteiger partial charge in [0.15, 0.2) is 0 Å². The number of nitrogens with two attached hydrogens (primary N) is 1. The molecular weight excluding hydrogens is 356 g/mol. The van der Waals surface area contributed by atoms with Crippen molar-refractivity contribution < 1.29 is 4.74 Å². The standard InChI is InChI=1S/C26H32N2O/c1-4-24(27)26(21-8-6-5-7-9-21)13-10-22(11-14-26)29-25-18(2)16-20-17-28-15-12-23(20)19(25)3/h5-9,12,15-17,22,24H,4,10-11,13-14,27H2,1-3H3. The van der Waals surface area contributed by atoms with Gasteiger partial charge in [0, 0.05) is 29.2 Å². The number of benzene rings is 2. The van der Waals surface area contributed by atoms with Crippen LogP contribution in [0.3, 0.4) is 0 Å². The summed E-state index contributed by atoms with van der Waals surface area (Å²) in [5.41, 5.74) is 10.5. The molecule has 0 radical (unpaired) electrons. The lowest BCUT2D eigenvalue weighted by Crippen LogP contribution is -2.48. The fraction of sp³-hybridized carbons (Fsp3) is 0.423. The summed E-state index contributed by atoms with van der Waals surface area (Å²) in [6.45, 7) is 6.50. The first kappa shape index (κ1) is 19.9. The fourth-order valence-corrected chi connectivity index (χ4v) is 5.19. The third kappa shape index (κ3) is 3.64. The third-order valence-electron chi connectivity index (χ3n) is 6.93. The zero-order valence-electron chi connectivity index (χ0n) is 17.8. The maximum atomic E-state index is 6.68. The predicted molar refractivity (Wildman–Crippen MR) is 120 cm³/mol. The summed E-state index contributed by atoms with van der Waals surface area (Å²) in [4.78, 5) is 4.26. The first-order valence-electron chi connectivity index (χ1n) is 10.9. The van der Waals surface area contributed by atoms with E-state index < -0.39 is 0 Å². The van der Waals surface area contributed by atoms with E-state index in [0.29, 0.717) is 0 Å². The monoisotopic (exact) mass is 388 g/mol. The molecule has 0 saturated heterocycles. The number of rotatable bonds is 5. The first-order chi connectivity index (χ1) is 14.0. The molecule has 1 heterocycles. The van der Waals surface area contributed by atoms with Crippen LogP contribution >= 0.6 is 0 Å². The number of ether oxygens (including phenoxy) is 1. The lowest BCUT2D eigenvalue weighted by molar-refractivity contribution is 0.102. The van der Waals surface area contributed by atoms with Crippen LogP contribution in [0, 0.1) is 13.8 Å². The van der Waals surface area contributed by atoms with Crippen molar-refractivity contribution in [3.8, 4) is 5.75 Å². The van der Waals surface area contributed by atoms with Gasteiger partial charge in [-0.15, -0.1) is 0 Å². The highest BCUT2D eigenvalue weighted by atomic mass is 16.5. The molecule has 0 aliphatic heterocycles.